The summed E-state index contributed by atoms with van der Waals surface area (Å²) in [6, 6.07) is 20.0. The molecule has 7 heteroatoms. The molecule has 0 saturated carbocycles. The fourth-order valence-corrected chi connectivity index (χ4v) is 4.17. The number of aliphatic hydroxyl groups excluding tert-OH is 1. The van der Waals surface area contributed by atoms with Crippen molar-refractivity contribution >= 4 is 5.91 Å². The van der Waals surface area contributed by atoms with Crippen molar-refractivity contribution in [1.29, 1.82) is 0 Å². The molecule has 3 aromatic rings. The molecule has 1 fully saturated rings. The van der Waals surface area contributed by atoms with Crippen LogP contribution in [0, 0.1) is 0 Å². The van der Waals surface area contributed by atoms with Crippen molar-refractivity contribution in [1.82, 2.24) is 25.1 Å². The lowest BCUT2D eigenvalue weighted by molar-refractivity contribution is 0.0476. The van der Waals surface area contributed by atoms with Gasteiger partial charge in [0.25, 0.3) is 5.91 Å². The van der Waals surface area contributed by atoms with Gasteiger partial charge in [0.2, 0.25) is 0 Å². The van der Waals surface area contributed by atoms with Gasteiger partial charge < -0.3 is 10.4 Å². The van der Waals surface area contributed by atoms with E-state index in [1.165, 1.54) is 24.2 Å². The van der Waals surface area contributed by atoms with Gasteiger partial charge in [-0.3, -0.25) is 19.6 Å². The maximum Gasteiger partial charge on any atom is 0.271 e. The summed E-state index contributed by atoms with van der Waals surface area (Å²) in [6.07, 6.45) is 4.30. The molecule has 33 heavy (non-hydrogen) atoms. The highest BCUT2D eigenvalue weighted by atomic mass is 16.3. The number of carbonyl (C=O) groups excluding carboxylic acids is 1. The molecule has 0 bridgehead atoms. The second-order valence-corrected chi connectivity index (χ2v) is 8.49. The van der Waals surface area contributed by atoms with E-state index < -0.39 is 12.1 Å². The lowest BCUT2D eigenvalue weighted by Crippen LogP contribution is -2.53. The molecule has 1 aliphatic heterocycles. The number of aliphatic hydroxyl groups is 1. The quantitative estimate of drug-likeness (QED) is 0.524. The summed E-state index contributed by atoms with van der Waals surface area (Å²) < 4.78 is 0. The van der Waals surface area contributed by atoms with E-state index in [0.29, 0.717) is 13.0 Å². The van der Waals surface area contributed by atoms with Crippen LogP contribution in [0.25, 0.3) is 0 Å². The minimum Gasteiger partial charge on any atom is -0.390 e. The Labute approximate surface area is 195 Å². The highest BCUT2D eigenvalue weighted by Crippen LogP contribution is 2.12. The molecule has 1 aromatic heterocycles. The van der Waals surface area contributed by atoms with Gasteiger partial charge in [-0.2, -0.15) is 0 Å². The summed E-state index contributed by atoms with van der Waals surface area (Å²) in [6.45, 7) is 5.15. The predicted molar refractivity (Wildman–Crippen MR) is 128 cm³/mol. The average molecular weight is 446 g/mol. The Morgan fingerprint density at radius 1 is 0.909 bits per heavy atom. The molecule has 172 valence electrons. The van der Waals surface area contributed by atoms with Crippen molar-refractivity contribution in [3.05, 3.63) is 96.1 Å². The Morgan fingerprint density at radius 3 is 2.18 bits per heavy atom. The molecule has 0 unspecified atom stereocenters. The zero-order chi connectivity index (χ0) is 22.9. The molecule has 2 N–H and O–H groups in total. The van der Waals surface area contributed by atoms with E-state index in [0.717, 1.165) is 38.3 Å². The van der Waals surface area contributed by atoms with Crippen molar-refractivity contribution in [3.63, 3.8) is 0 Å². The molecule has 2 atom stereocenters. The first kappa shape index (κ1) is 23.0. The smallest absolute Gasteiger partial charge is 0.271 e. The minimum absolute atomic E-state index is 0.247. The van der Waals surface area contributed by atoms with Crippen molar-refractivity contribution in [2.75, 3.05) is 32.7 Å². The van der Waals surface area contributed by atoms with Gasteiger partial charge in [0.1, 0.15) is 5.69 Å². The average Bonchev–Trinajstić information content (AvgIpc) is 2.86. The van der Waals surface area contributed by atoms with Crippen LogP contribution in [-0.2, 0) is 13.0 Å². The number of carbonyl (C=O) groups is 1. The van der Waals surface area contributed by atoms with E-state index in [1.807, 2.05) is 36.4 Å². The lowest BCUT2D eigenvalue weighted by Gasteiger charge is -2.37. The monoisotopic (exact) mass is 445 g/mol. The Hall–Kier alpha value is -3.13. The van der Waals surface area contributed by atoms with Crippen LogP contribution in [0.1, 0.15) is 21.6 Å². The minimum atomic E-state index is -0.702. The lowest BCUT2D eigenvalue weighted by atomic mass is 10.00. The fourth-order valence-electron chi connectivity index (χ4n) is 4.17. The van der Waals surface area contributed by atoms with E-state index in [1.54, 1.807) is 0 Å². The van der Waals surface area contributed by atoms with Gasteiger partial charge in [0.05, 0.1) is 18.3 Å². The normalized spacial score (nSPS) is 16.8. The summed E-state index contributed by atoms with van der Waals surface area (Å²) in [5.41, 5.74) is 2.63. The topological polar surface area (TPSA) is 81.6 Å². The van der Waals surface area contributed by atoms with Crippen LogP contribution in [0.4, 0.5) is 0 Å². The van der Waals surface area contributed by atoms with Gasteiger partial charge in [0, 0.05) is 51.7 Å². The number of hydrogen-bond donors (Lipinski definition) is 2. The Kier molecular flexibility index (Phi) is 8.14. The van der Waals surface area contributed by atoms with Gasteiger partial charge in [-0.1, -0.05) is 60.7 Å². The zero-order valence-corrected chi connectivity index (χ0v) is 18.8. The molecule has 0 radical (unpaired) electrons. The second kappa shape index (κ2) is 11.7. The van der Waals surface area contributed by atoms with Crippen LogP contribution in [0.5, 0.6) is 0 Å². The summed E-state index contributed by atoms with van der Waals surface area (Å²) >= 11 is 0. The molecule has 4 rings (SSSR count). The van der Waals surface area contributed by atoms with Crippen LogP contribution < -0.4 is 5.32 Å². The third-order valence-corrected chi connectivity index (χ3v) is 6.03. The number of β-amino-alcohol motifs (C(OH)–C–C–N with tert-alkyl or cyclic N) is 1. The number of benzene rings is 2. The number of rotatable bonds is 9. The number of nitrogens with zero attached hydrogens (tertiary/aromatic N) is 4. The summed E-state index contributed by atoms with van der Waals surface area (Å²) in [5, 5.41) is 14.1. The second-order valence-electron chi connectivity index (χ2n) is 8.49. The van der Waals surface area contributed by atoms with Gasteiger partial charge in [-0.05, 0) is 17.5 Å². The maximum atomic E-state index is 12.7. The molecule has 2 aromatic carbocycles. The van der Waals surface area contributed by atoms with Crippen LogP contribution in [0.15, 0.2) is 79.3 Å². The Balaban J connectivity index is 1.34. The van der Waals surface area contributed by atoms with Gasteiger partial charge in [-0.15, -0.1) is 0 Å². The third-order valence-electron chi connectivity index (χ3n) is 6.03. The first-order chi connectivity index (χ1) is 16.2. The van der Waals surface area contributed by atoms with E-state index in [4.69, 9.17) is 0 Å². The number of piperazine rings is 1. The fraction of sp³-hybridized carbons (Fsp3) is 0.346. The first-order valence-electron chi connectivity index (χ1n) is 11.4. The van der Waals surface area contributed by atoms with Crippen LogP contribution in [0.3, 0.4) is 0 Å². The molecular weight excluding hydrogens is 414 g/mol. The standard InChI is InChI=1S/C26H31N5O2/c32-25(20-31-15-13-30(14-16-31)19-22-9-5-2-6-10-22)23(17-21-7-3-1-4-8-21)29-26(33)24-18-27-11-12-28-24/h1-12,18,23,25,32H,13-17,19-20H2,(H,29,33)/t23-,25-/m0/s1. The van der Waals surface area contributed by atoms with Crippen molar-refractivity contribution in [2.24, 2.45) is 0 Å². The van der Waals surface area contributed by atoms with Crippen LogP contribution in [0.2, 0.25) is 0 Å². The Morgan fingerprint density at radius 2 is 1.55 bits per heavy atom. The Bertz CT molecular complexity index is 979. The predicted octanol–water partition coefficient (Wildman–Crippen LogP) is 2.00. The van der Waals surface area contributed by atoms with Crippen molar-refractivity contribution in [2.45, 2.75) is 25.1 Å². The van der Waals surface area contributed by atoms with Gasteiger partial charge in [-0.25, -0.2) is 4.98 Å². The zero-order valence-electron chi connectivity index (χ0n) is 18.8. The molecule has 0 aliphatic carbocycles. The molecule has 1 aliphatic rings. The molecule has 1 amide bonds. The molecule has 0 spiro atoms. The van der Waals surface area contributed by atoms with Crippen LogP contribution in [-0.4, -0.2) is 75.7 Å². The molecule has 7 nitrogen and oxygen atoms in total. The number of aromatic nitrogens is 2. The van der Waals surface area contributed by atoms with Gasteiger partial charge >= 0.3 is 0 Å². The first-order valence-corrected chi connectivity index (χ1v) is 11.4. The van der Waals surface area contributed by atoms with E-state index in [2.05, 4.69) is 49.4 Å². The summed E-state index contributed by atoms with van der Waals surface area (Å²) in [7, 11) is 0. The largest absolute Gasteiger partial charge is 0.390 e. The number of nitrogens with one attached hydrogen (secondary N) is 1. The van der Waals surface area contributed by atoms with Crippen molar-refractivity contribution in [3.8, 4) is 0 Å². The highest BCUT2D eigenvalue weighted by molar-refractivity contribution is 5.92. The molecule has 2 heterocycles. The van der Waals surface area contributed by atoms with E-state index in [-0.39, 0.29) is 11.6 Å². The van der Waals surface area contributed by atoms with Crippen molar-refractivity contribution < 1.29 is 9.90 Å². The van der Waals surface area contributed by atoms with Crippen LogP contribution >= 0.6 is 0 Å². The third kappa shape index (κ3) is 6.92. The number of amides is 1. The summed E-state index contributed by atoms with van der Waals surface area (Å²) in [5.74, 6) is -0.323. The van der Waals surface area contributed by atoms with E-state index >= 15 is 0 Å². The maximum absolute atomic E-state index is 12.7. The van der Waals surface area contributed by atoms with Gasteiger partial charge in [0.15, 0.2) is 0 Å². The summed E-state index contributed by atoms with van der Waals surface area (Å²) in [4.78, 5) is 25.5. The SMILES string of the molecule is O=C(N[C@@H](Cc1ccccc1)[C@@H](O)CN1CCN(Cc2ccccc2)CC1)c1cnccn1. The number of hydrogen-bond acceptors (Lipinski definition) is 6. The molecular formula is C26H31N5O2. The molecule has 1 saturated heterocycles. The highest BCUT2D eigenvalue weighted by Gasteiger charge is 2.26. The van der Waals surface area contributed by atoms with E-state index in [9.17, 15) is 9.90 Å².